The van der Waals surface area contributed by atoms with Crippen LogP contribution in [0.25, 0.3) is 16.7 Å². The van der Waals surface area contributed by atoms with Gasteiger partial charge in [-0.05, 0) is 22.3 Å². The van der Waals surface area contributed by atoms with Crippen LogP contribution in [0.5, 0.6) is 0 Å². The summed E-state index contributed by atoms with van der Waals surface area (Å²) < 4.78 is 0. The lowest BCUT2D eigenvalue weighted by Crippen LogP contribution is -2.23. The predicted molar refractivity (Wildman–Crippen MR) is 73.5 cm³/mol. The van der Waals surface area contributed by atoms with E-state index in [4.69, 9.17) is 10.5 Å². The monoisotopic (exact) mass is 271 g/mol. The minimum atomic E-state index is -1.28. The third kappa shape index (κ3) is 1.71. The van der Waals surface area contributed by atoms with E-state index in [9.17, 15) is 9.90 Å². The Morgan fingerprint density at radius 1 is 0.905 bits per heavy atom. The molecule has 0 heterocycles. The molecule has 3 rings (SSSR count). The van der Waals surface area contributed by atoms with Crippen LogP contribution >= 0.6 is 0 Å². The van der Waals surface area contributed by atoms with E-state index >= 15 is 0 Å². The van der Waals surface area contributed by atoms with Gasteiger partial charge in [0.25, 0.3) is 0 Å². The number of carbonyl (C=O) groups is 1. The van der Waals surface area contributed by atoms with Crippen LogP contribution in [0.3, 0.4) is 0 Å². The van der Waals surface area contributed by atoms with Crippen molar-refractivity contribution < 1.29 is 9.90 Å². The van der Waals surface area contributed by atoms with E-state index in [0.29, 0.717) is 27.8 Å². The highest BCUT2D eigenvalue weighted by Gasteiger charge is 2.28. The quantitative estimate of drug-likeness (QED) is 0.632. The van der Waals surface area contributed by atoms with E-state index in [1.807, 2.05) is 12.1 Å². The van der Waals surface area contributed by atoms with Gasteiger partial charge in [0.15, 0.2) is 0 Å². The van der Waals surface area contributed by atoms with Gasteiger partial charge in [0.2, 0.25) is 0 Å². The molecule has 4 heteroatoms. The zero-order chi connectivity index (χ0) is 15.0. The van der Waals surface area contributed by atoms with Gasteiger partial charge in [-0.3, -0.25) is 0 Å². The summed E-state index contributed by atoms with van der Waals surface area (Å²) in [5, 5.41) is 29.6. The SMILES string of the molecule is N#CC(C#N)=C1c2ccccc2-c2c(C(=O)[O-])cccc21. The average molecular weight is 271 g/mol. The molecule has 1 aliphatic rings. The fourth-order valence-corrected chi connectivity index (χ4v) is 2.69. The number of carboxylic acid groups (broad SMARTS) is 1. The molecule has 0 aromatic heterocycles. The molecule has 2 aromatic rings. The number of carboxylic acids is 1. The number of nitriles is 2. The molecule has 0 aliphatic heterocycles. The Balaban J connectivity index is 2.51. The van der Waals surface area contributed by atoms with Crippen LogP contribution in [0.1, 0.15) is 21.5 Å². The number of hydrogen-bond donors (Lipinski definition) is 0. The molecule has 0 unspecified atom stereocenters. The van der Waals surface area contributed by atoms with E-state index in [1.54, 1.807) is 36.4 Å². The molecular formula is C17H7N2O2-. The molecule has 0 bridgehead atoms. The lowest BCUT2D eigenvalue weighted by atomic mass is 9.97. The topological polar surface area (TPSA) is 87.7 Å². The maximum absolute atomic E-state index is 11.3. The minimum Gasteiger partial charge on any atom is -0.545 e. The summed E-state index contributed by atoms with van der Waals surface area (Å²) in [5.74, 6) is -1.28. The van der Waals surface area contributed by atoms with Crippen LogP contribution in [0.15, 0.2) is 48.0 Å². The molecule has 0 fully saturated rings. The lowest BCUT2D eigenvalue weighted by molar-refractivity contribution is -0.254. The second kappa shape index (κ2) is 4.63. The summed E-state index contributed by atoms with van der Waals surface area (Å²) in [6, 6.07) is 15.7. The minimum absolute atomic E-state index is 0.0308. The Morgan fingerprint density at radius 2 is 1.52 bits per heavy atom. The average Bonchev–Trinajstić information content (AvgIpc) is 2.84. The Morgan fingerprint density at radius 3 is 2.14 bits per heavy atom. The fourth-order valence-electron chi connectivity index (χ4n) is 2.69. The lowest BCUT2D eigenvalue weighted by Gasteiger charge is -2.09. The zero-order valence-corrected chi connectivity index (χ0v) is 10.8. The first-order valence-corrected chi connectivity index (χ1v) is 6.18. The Bertz CT molecular complexity index is 880. The molecular weight excluding hydrogens is 264 g/mol. The molecule has 21 heavy (non-hydrogen) atoms. The van der Waals surface area contributed by atoms with Crippen LogP contribution < -0.4 is 5.11 Å². The first-order valence-electron chi connectivity index (χ1n) is 6.18. The number of benzene rings is 2. The number of hydrogen-bond acceptors (Lipinski definition) is 4. The van der Waals surface area contributed by atoms with Crippen LogP contribution in [0, 0.1) is 22.7 Å². The molecule has 2 aromatic carbocycles. The molecule has 0 saturated carbocycles. The Kier molecular flexibility index (Phi) is 2.79. The summed E-state index contributed by atoms with van der Waals surface area (Å²) in [4.78, 5) is 11.3. The van der Waals surface area contributed by atoms with Crippen LogP contribution in [-0.2, 0) is 0 Å². The van der Waals surface area contributed by atoms with Crippen molar-refractivity contribution in [3.05, 3.63) is 64.7 Å². The second-order valence-electron chi connectivity index (χ2n) is 4.53. The van der Waals surface area contributed by atoms with Gasteiger partial charge in [-0.1, -0.05) is 42.5 Å². The summed E-state index contributed by atoms with van der Waals surface area (Å²) in [6.07, 6.45) is 0. The van der Waals surface area contributed by atoms with Gasteiger partial charge in [0.05, 0.1) is 5.97 Å². The number of rotatable bonds is 1. The Hall–Kier alpha value is -3.37. The highest BCUT2D eigenvalue weighted by atomic mass is 16.4. The molecule has 0 atom stereocenters. The first-order chi connectivity index (χ1) is 10.2. The van der Waals surface area contributed by atoms with Gasteiger partial charge in [-0.2, -0.15) is 10.5 Å². The van der Waals surface area contributed by atoms with Crippen molar-refractivity contribution in [3.8, 4) is 23.3 Å². The highest BCUT2D eigenvalue weighted by Crippen LogP contribution is 2.46. The normalized spacial score (nSPS) is 11.0. The summed E-state index contributed by atoms with van der Waals surface area (Å²) in [6.45, 7) is 0. The van der Waals surface area contributed by atoms with Gasteiger partial charge in [0.1, 0.15) is 17.7 Å². The molecule has 0 spiro atoms. The van der Waals surface area contributed by atoms with Crippen LogP contribution in [0.4, 0.5) is 0 Å². The molecule has 4 nitrogen and oxygen atoms in total. The van der Waals surface area contributed by atoms with Crippen molar-refractivity contribution in [2.75, 3.05) is 0 Å². The van der Waals surface area contributed by atoms with Crippen molar-refractivity contribution in [1.82, 2.24) is 0 Å². The van der Waals surface area contributed by atoms with E-state index in [1.165, 1.54) is 6.07 Å². The number of nitrogens with zero attached hydrogens (tertiary/aromatic N) is 2. The summed E-state index contributed by atoms with van der Waals surface area (Å²) in [7, 11) is 0. The van der Waals surface area contributed by atoms with Gasteiger partial charge < -0.3 is 9.90 Å². The van der Waals surface area contributed by atoms with Crippen molar-refractivity contribution in [1.29, 1.82) is 10.5 Å². The van der Waals surface area contributed by atoms with E-state index in [0.717, 1.165) is 0 Å². The third-order valence-corrected chi connectivity index (χ3v) is 3.49. The van der Waals surface area contributed by atoms with Crippen molar-refractivity contribution in [3.63, 3.8) is 0 Å². The van der Waals surface area contributed by atoms with E-state index in [-0.39, 0.29) is 11.1 Å². The fraction of sp³-hybridized carbons (Fsp3) is 0. The number of fused-ring (bicyclic) bond motifs is 3. The maximum Gasteiger partial charge on any atom is 0.138 e. The molecule has 0 radical (unpaired) electrons. The highest BCUT2D eigenvalue weighted by molar-refractivity contribution is 6.09. The molecule has 98 valence electrons. The molecule has 1 aliphatic carbocycles. The largest absolute Gasteiger partial charge is 0.545 e. The number of carbonyl (C=O) groups excluding carboxylic acids is 1. The molecule has 0 saturated heterocycles. The number of allylic oxidation sites excluding steroid dienone is 1. The van der Waals surface area contributed by atoms with Crippen molar-refractivity contribution in [2.24, 2.45) is 0 Å². The molecule has 0 N–H and O–H groups in total. The first kappa shape index (κ1) is 12.7. The third-order valence-electron chi connectivity index (χ3n) is 3.49. The smallest absolute Gasteiger partial charge is 0.138 e. The van der Waals surface area contributed by atoms with Crippen LogP contribution in [-0.4, -0.2) is 5.97 Å². The summed E-state index contributed by atoms with van der Waals surface area (Å²) in [5.41, 5.74) is 2.99. The maximum atomic E-state index is 11.3. The number of aromatic carboxylic acids is 1. The Labute approximate surface area is 120 Å². The standard InChI is InChI=1S/C17H8N2O2/c18-8-10(9-19)15-11-4-1-2-5-12(11)16-13(15)6-3-7-14(16)17(20)21/h1-7H,(H,20,21)/p-1. The van der Waals surface area contributed by atoms with Crippen LogP contribution in [0.2, 0.25) is 0 Å². The molecule has 0 amide bonds. The second-order valence-corrected chi connectivity index (χ2v) is 4.53. The predicted octanol–water partition coefficient (Wildman–Crippen LogP) is 1.88. The van der Waals surface area contributed by atoms with Gasteiger partial charge >= 0.3 is 0 Å². The van der Waals surface area contributed by atoms with Crippen molar-refractivity contribution >= 4 is 11.5 Å². The van der Waals surface area contributed by atoms with E-state index in [2.05, 4.69) is 0 Å². The van der Waals surface area contributed by atoms with Gasteiger partial charge in [-0.25, -0.2) is 0 Å². The van der Waals surface area contributed by atoms with Crippen molar-refractivity contribution in [2.45, 2.75) is 0 Å². The van der Waals surface area contributed by atoms with E-state index < -0.39 is 5.97 Å². The zero-order valence-electron chi connectivity index (χ0n) is 10.8. The summed E-state index contributed by atoms with van der Waals surface area (Å²) >= 11 is 0. The van der Waals surface area contributed by atoms with Gasteiger partial charge in [-0.15, -0.1) is 0 Å². The van der Waals surface area contributed by atoms with Gasteiger partial charge in [0, 0.05) is 11.1 Å².